The number of amides is 1. The third-order valence-corrected chi connectivity index (χ3v) is 7.43. The molecule has 0 aliphatic rings. The molecule has 4 heteroatoms. The van der Waals surface area contributed by atoms with Crippen LogP contribution < -0.4 is 5.32 Å². The number of nitrogens with one attached hydrogen (secondary N) is 1. The first-order valence-electron chi connectivity index (χ1n) is 16.6. The van der Waals surface area contributed by atoms with E-state index in [0.29, 0.717) is 6.42 Å². The fourth-order valence-corrected chi connectivity index (χ4v) is 4.80. The minimum Gasteiger partial charge on any atom is -0.394 e. The molecular weight excluding hydrogens is 470 g/mol. The van der Waals surface area contributed by atoms with Crippen LogP contribution in [0.2, 0.25) is 0 Å². The number of carbonyl (C=O) groups is 1. The third-order valence-electron chi connectivity index (χ3n) is 7.43. The molecule has 0 aliphatic heterocycles. The highest BCUT2D eigenvalue weighted by atomic mass is 16.3. The number of unbranched alkanes of at least 4 members (excludes halogenated alkanes) is 20. The summed E-state index contributed by atoms with van der Waals surface area (Å²) in [7, 11) is 0. The molecule has 0 saturated carbocycles. The Hall–Kier alpha value is -1.13. The van der Waals surface area contributed by atoms with Gasteiger partial charge < -0.3 is 15.5 Å². The maximum atomic E-state index is 12.2. The first-order valence-corrected chi connectivity index (χ1v) is 16.6. The summed E-state index contributed by atoms with van der Waals surface area (Å²) in [6.45, 7) is 4.24. The van der Waals surface area contributed by atoms with Gasteiger partial charge in [0.15, 0.2) is 0 Å². The molecule has 2 unspecified atom stereocenters. The van der Waals surface area contributed by atoms with Crippen molar-refractivity contribution < 1.29 is 15.0 Å². The summed E-state index contributed by atoms with van der Waals surface area (Å²) in [5.74, 6) is -0.0806. The van der Waals surface area contributed by atoms with Crippen LogP contribution >= 0.6 is 0 Å². The van der Waals surface area contributed by atoms with E-state index in [1.165, 1.54) is 109 Å². The molecule has 224 valence electrons. The number of hydrogen-bond acceptors (Lipinski definition) is 3. The molecule has 0 heterocycles. The maximum absolute atomic E-state index is 12.2. The molecular formula is C34H65NO3. The molecule has 0 spiro atoms. The van der Waals surface area contributed by atoms with Crippen LogP contribution in [0.4, 0.5) is 0 Å². The fourth-order valence-electron chi connectivity index (χ4n) is 4.80. The smallest absolute Gasteiger partial charge is 0.220 e. The van der Waals surface area contributed by atoms with Gasteiger partial charge in [0, 0.05) is 6.42 Å². The lowest BCUT2D eigenvalue weighted by molar-refractivity contribution is -0.123. The summed E-state index contributed by atoms with van der Waals surface area (Å²) in [4.78, 5) is 12.2. The molecule has 0 fully saturated rings. The van der Waals surface area contributed by atoms with Crippen molar-refractivity contribution in [2.45, 2.75) is 180 Å². The van der Waals surface area contributed by atoms with Gasteiger partial charge in [-0.2, -0.15) is 0 Å². The predicted molar refractivity (Wildman–Crippen MR) is 165 cm³/mol. The second kappa shape index (κ2) is 30.4. The van der Waals surface area contributed by atoms with Crippen LogP contribution in [0.1, 0.15) is 168 Å². The van der Waals surface area contributed by atoms with E-state index >= 15 is 0 Å². The number of aliphatic hydroxyl groups is 2. The van der Waals surface area contributed by atoms with Crippen molar-refractivity contribution in [2.24, 2.45) is 0 Å². The van der Waals surface area contributed by atoms with E-state index in [4.69, 9.17) is 0 Å². The van der Waals surface area contributed by atoms with Crippen LogP contribution in [0, 0.1) is 0 Å². The Balaban J connectivity index is 3.65. The Morgan fingerprint density at radius 2 is 1.03 bits per heavy atom. The quantitative estimate of drug-likeness (QED) is 0.0660. The van der Waals surface area contributed by atoms with Crippen LogP contribution in [0.5, 0.6) is 0 Å². The van der Waals surface area contributed by atoms with Gasteiger partial charge in [0.1, 0.15) is 0 Å². The van der Waals surface area contributed by atoms with Crippen molar-refractivity contribution in [3.8, 4) is 0 Å². The van der Waals surface area contributed by atoms with Crippen LogP contribution in [-0.4, -0.2) is 34.9 Å². The zero-order chi connectivity index (χ0) is 27.9. The molecule has 0 bridgehead atoms. The summed E-state index contributed by atoms with van der Waals surface area (Å²) in [5.41, 5.74) is 0. The summed E-state index contributed by atoms with van der Waals surface area (Å²) in [5, 5.41) is 22.8. The van der Waals surface area contributed by atoms with E-state index in [9.17, 15) is 15.0 Å². The van der Waals surface area contributed by atoms with E-state index < -0.39 is 12.1 Å². The highest BCUT2D eigenvalue weighted by Gasteiger charge is 2.17. The molecule has 0 saturated heterocycles. The largest absolute Gasteiger partial charge is 0.394 e. The van der Waals surface area contributed by atoms with Crippen LogP contribution in [0.15, 0.2) is 24.3 Å². The Labute approximate surface area is 237 Å². The summed E-state index contributed by atoms with van der Waals surface area (Å²) >= 11 is 0. The number of hydrogen-bond donors (Lipinski definition) is 3. The van der Waals surface area contributed by atoms with Crippen LogP contribution in [-0.2, 0) is 4.79 Å². The molecule has 1 amide bonds. The second-order valence-corrected chi connectivity index (χ2v) is 11.2. The van der Waals surface area contributed by atoms with Crippen molar-refractivity contribution in [3.63, 3.8) is 0 Å². The molecule has 0 aromatic carbocycles. The lowest BCUT2D eigenvalue weighted by Gasteiger charge is -2.20. The molecule has 38 heavy (non-hydrogen) atoms. The van der Waals surface area contributed by atoms with Gasteiger partial charge in [-0.3, -0.25) is 4.79 Å². The standard InChI is InChI=1S/C34H65NO3/c1-3-5-7-9-11-13-15-16-17-18-19-20-21-23-25-27-29-33(37)32(31-36)35-34(38)30-28-26-24-22-14-12-10-8-6-4-2/h10,12,27,29,32-33,36-37H,3-9,11,13-26,28,30-31H2,1-2H3,(H,35,38)/b12-10-,29-27+. The molecule has 0 aromatic rings. The average Bonchev–Trinajstić information content (AvgIpc) is 2.92. The average molecular weight is 536 g/mol. The van der Waals surface area contributed by atoms with Gasteiger partial charge in [-0.25, -0.2) is 0 Å². The van der Waals surface area contributed by atoms with Gasteiger partial charge >= 0.3 is 0 Å². The van der Waals surface area contributed by atoms with Crippen molar-refractivity contribution in [3.05, 3.63) is 24.3 Å². The topological polar surface area (TPSA) is 69.6 Å². The molecule has 2 atom stereocenters. The molecule has 0 aliphatic carbocycles. The third kappa shape index (κ3) is 26.5. The Morgan fingerprint density at radius 3 is 1.53 bits per heavy atom. The van der Waals surface area contributed by atoms with E-state index in [-0.39, 0.29) is 12.5 Å². The highest BCUT2D eigenvalue weighted by Crippen LogP contribution is 2.14. The Morgan fingerprint density at radius 1 is 0.605 bits per heavy atom. The van der Waals surface area contributed by atoms with Crippen molar-refractivity contribution >= 4 is 5.91 Å². The van der Waals surface area contributed by atoms with Gasteiger partial charge in [0.25, 0.3) is 0 Å². The minimum absolute atomic E-state index is 0.0806. The number of carbonyl (C=O) groups excluding carboxylic acids is 1. The summed E-state index contributed by atoms with van der Waals surface area (Å²) < 4.78 is 0. The van der Waals surface area contributed by atoms with Gasteiger partial charge in [-0.1, -0.05) is 147 Å². The molecule has 0 rings (SSSR count). The highest BCUT2D eigenvalue weighted by molar-refractivity contribution is 5.76. The number of rotatable bonds is 29. The minimum atomic E-state index is -0.838. The van der Waals surface area contributed by atoms with Crippen LogP contribution in [0.25, 0.3) is 0 Å². The monoisotopic (exact) mass is 535 g/mol. The first kappa shape index (κ1) is 36.9. The lowest BCUT2D eigenvalue weighted by Crippen LogP contribution is -2.45. The van der Waals surface area contributed by atoms with Crippen molar-refractivity contribution in [1.29, 1.82) is 0 Å². The van der Waals surface area contributed by atoms with Gasteiger partial charge in [0.2, 0.25) is 5.91 Å². The lowest BCUT2D eigenvalue weighted by atomic mass is 10.0. The van der Waals surface area contributed by atoms with Crippen molar-refractivity contribution in [1.82, 2.24) is 5.32 Å². The molecule has 0 radical (unpaired) electrons. The molecule has 3 N–H and O–H groups in total. The van der Waals surface area contributed by atoms with Crippen LogP contribution in [0.3, 0.4) is 0 Å². The maximum Gasteiger partial charge on any atom is 0.220 e. The van der Waals surface area contributed by atoms with E-state index in [2.05, 4.69) is 31.3 Å². The van der Waals surface area contributed by atoms with Gasteiger partial charge in [-0.05, 0) is 38.5 Å². The Bertz CT molecular complexity index is 546. The predicted octanol–water partition coefficient (Wildman–Crippen LogP) is 9.34. The Kier molecular flexibility index (Phi) is 29.5. The molecule has 4 nitrogen and oxygen atoms in total. The number of aliphatic hydroxyl groups excluding tert-OH is 2. The normalized spacial score (nSPS) is 13.5. The van der Waals surface area contributed by atoms with E-state index in [1.54, 1.807) is 6.08 Å². The zero-order valence-electron chi connectivity index (χ0n) is 25.4. The zero-order valence-corrected chi connectivity index (χ0v) is 25.4. The SMILES string of the molecule is CCCC/C=C\CCCCCCC(=O)NC(CO)C(O)/C=C/CCCCCCCCCCCCCCCC. The summed E-state index contributed by atoms with van der Waals surface area (Å²) in [6, 6.07) is -0.622. The first-order chi connectivity index (χ1) is 18.7. The van der Waals surface area contributed by atoms with Gasteiger partial charge in [-0.15, -0.1) is 0 Å². The molecule has 0 aromatic heterocycles. The second-order valence-electron chi connectivity index (χ2n) is 11.2. The number of allylic oxidation sites excluding steroid dienone is 3. The van der Waals surface area contributed by atoms with E-state index in [0.717, 1.165) is 38.5 Å². The van der Waals surface area contributed by atoms with Gasteiger partial charge in [0.05, 0.1) is 18.8 Å². The van der Waals surface area contributed by atoms with E-state index in [1.807, 2.05) is 6.08 Å². The van der Waals surface area contributed by atoms with Crippen molar-refractivity contribution in [2.75, 3.05) is 6.61 Å². The summed E-state index contributed by atoms with van der Waals surface area (Å²) in [6.07, 6.45) is 36.8. The fraction of sp³-hybridized carbons (Fsp3) is 0.853.